The first kappa shape index (κ1) is 21.0. The fourth-order valence-corrected chi connectivity index (χ4v) is 4.62. The molecule has 172 valence electrons. The summed E-state index contributed by atoms with van der Waals surface area (Å²) in [5.41, 5.74) is 3.65. The molecule has 0 bridgehead atoms. The molecule has 2 aromatic carbocycles. The number of rotatable bonds is 4. The zero-order chi connectivity index (χ0) is 24.1. The average molecular weight is 462 g/mol. The molecule has 35 heavy (non-hydrogen) atoms. The maximum absolute atomic E-state index is 9.11. The Bertz CT molecular complexity index is 1600. The molecule has 0 spiro atoms. The van der Waals surface area contributed by atoms with E-state index in [-0.39, 0.29) is 0 Å². The molecule has 0 atom stereocenters. The summed E-state index contributed by atoms with van der Waals surface area (Å²) >= 11 is 0. The number of para-hydroxylation sites is 2. The number of hydrogen-bond acceptors (Lipinski definition) is 7. The van der Waals surface area contributed by atoms with E-state index in [1.807, 2.05) is 44.2 Å². The van der Waals surface area contributed by atoms with Crippen molar-refractivity contribution >= 4 is 16.9 Å². The molecule has 1 aliphatic rings. The Labute approximate surface area is 202 Å². The highest BCUT2D eigenvalue weighted by molar-refractivity contribution is 5.76. The van der Waals surface area contributed by atoms with Crippen LogP contribution in [0.2, 0.25) is 0 Å². The second-order valence-electron chi connectivity index (χ2n) is 8.83. The fraction of sp³-hybridized carbons (Fsp3) is 0.231. The number of nitrogens with zero attached hydrogens (tertiary/aromatic N) is 9. The highest BCUT2D eigenvalue weighted by Gasteiger charge is 2.33. The van der Waals surface area contributed by atoms with Gasteiger partial charge in [-0.2, -0.15) is 9.94 Å². The zero-order valence-electron chi connectivity index (χ0n) is 19.7. The molecule has 1 fully saturated rings. The van der Waals surface area contributed by atoms with Crippen molar-refractivity contribution in [2.24, 2.45) is 7.05 Å². The molecule has 9 nitrogen and oxygen atoms in total. The van der Waals surface area contributed by atoms with Crippen LogP contribution in [0.4, 0.5) is 5.82 Å². The highest BCUT2D eigenvalue weighted by atomic mass is 15.4. The molecule has 0 unspecified atom stereocenters. The Morgan fingerprint density at radius 1 is 0.886 bits per heavy atom. The number of imidazole rings is 1. The van der Waals surface area contributed by atoms with Gasteiger partial charge in [0.25, 0.3) is 0 Å². The second kappa shape index (κ2) is 8.02. The monoisotopic (exact) mass is 461 g/mol. The van der Waals surface area contributed by atoms with Crippen molar-refractivity contribution in [2.75, 3.05) is 18.0 Å². The number of anilines is 1. The first-order chi connectivity index (χ1) is 17.0. The zero-order valence-corrected chi connectivity index (χ0v) is 19.7. The van der Waals surface area contributed by atoms with E-state index in [1.54, 1.807) is 16.8 Å². The third-order valence-electron chi connectivity index (χ3n) is 6.41. The average Bonchev–Trinajstić information content (AvgIpc) is 3.38. The third kappa shape index (κ3) is 3.60. The number of hydrogen-bond donors (Lipinski definition) is 0. The number of benzene rings is 2. The molecule has 1 saturated heterocycles. The fourth-order valence-electron chi connectivity index (χ4n) is 4.62. The molecule has 0 N–H and O–H groups in total. The van der Waals surface area contributed by atoms with Gasteiger partial charge in [-0.1, -0.05) is 12.1 Å². The van der Waals surface area contributed by atoms with E-state index in [2.05, 4.69) is 49.8 Å². The molecule has 9 heteroatoms. The molecule has 4 heterocycles. The van der Waals surface area contributed by atoms with E-state index in [9.17, 15) is 0 Å². The molecule has 0 aliphatic carbocycles. The van der Waals surface area contributed by atoms with Crippen LogP contribution in [0.1, 0.15) is 29.0 Å². The summed E-state index contributed by atoms with van der Waals surface area (Å²) in [6.45, 7) is 5.42. The lowest BCUT2D eigenvalue weighted by molar-refractivity contribution is 0.485. The molecule has 1 aliphatic heterocycles. The maximum atomic E-state index is 9.11. The van der Waals surface area contributed by atoms with Crippen LogP contribution in [0, 0.1) is 25.2 Å². The summed E-state index contributed by atoms with van der Waals surface area (Å²) in [6, 6.07) is 19.7. The van der Waals surface area contributed by atoms with Gasteiger partial charge in [0.05, 0.1) is 28.6 Å². The molecule has 5 aromatic rings. The van der Waals surface area contributed by atoms with E-state index in [4.69, 9.17) is 15.2 Å². The normalized spacial score (nSPS) is 13.7. The Balaban J connectivity index is 1.30. The second-order valence-corrected chi connectivity index (χ2v) is 8.83. The van der Waals surface area contributed by atoms with Gasteiger partial charge in [-0.3, -0.25) is 0 Å². The van der Waals surface area contributed by atoms with Crippen LogP contribution in [0.5, 0.6) is 0 Å². The van der Waals surface area contributed by atoms with Gasteiger partial charge < -0.3 is 9.47 Å². The number of aryl methyl sites for hydroxylation is 3. The van der Waals surface area contributed by atoms with Gasteiger partial charge >= 0.3 is 0 Å². The van der Waals surface area contributed by atoms with E-state index >= 15 is 0 Å². The largest absolute Gasteiger partial charge is 0.355 e. The standard InChI is InChI=1S/C26H23N9/c1-16-28-23(34-14-20(15-34)25-31-21-6-4-5-7-22(21)33(25)3)12-24(29-16)35-26(30-17(2)32-35)19-10-8-18(13-27)9-11-19/h4-12,20H,14-15H2,1-3H3. The van der Waals surface area contributed by atoms with E-state index in [1.165, 1.54) is 0 Å². The van der Waals surface area contributed by atoms with Gasteiger partial charge in [0, 0.05) is 31.8 Å². The van der Waals surface area contributed by atoms with E-state index < -0.39 is 0 Å². The number of nitriles is 1. The van der Waals surface area contributed by atoms with Crippen LogP contribution in [0.3, 0.4) is 0 Å². The number of aromatic nitrogens is 7. The molecule has 0 saturated carbocycles. The van der Waals surface area contributed by atoms with Crippen molar-refractivity contribution in [2.45, 2.75) is 19.8 Å². The van der Waals surface area contributed by atoms with Crippen molar-refractivity contribution in [3.63, 3.8) is 0 Å². The molecule has 0 amide bonds. The number of fused-ring (bicyclic) bond motifs is 1. The predicted molar refractivity (Wildman–Crippen MR) is 132 cm³/mol. The van der Waals surface area contributed by atoms with Crippen molar-refractivity contribution in [3.8, 4) is 23.3 Å². The minimum Gasteiger partial charge on any atom is -0.355 e. The predicted octanol–water partition coefficient (Wildman–Crippen LogP) is 3.70. The maximum Gasteiger partial charge on any atom is 0.165 e. The summed E-state index contributed by atoms with van der Waals surface area (Å²) in [6.07, 6.45) is 0. The van der Waals surface area contributed by atoms with E-state index in [0.717, 1.165) is 41.3 Å². The van der Waals surface area contributed by atoms with Crippen LogP contribution in [-0.2, 0) is 7.05 Å². The Hall–Kier alpha value is -4.58. The summed E-state index contributed by atoms with van der Waals surface area (Å²) in [5.74, 6) is 4.96. The molecule has 0 radical (unpaired) electrons. The summed E-state index contributed by atoms with van der Waals surface area (Å²) in [4.78, 5) is 21.1. The van der Waals surface area contributed by atoms with Gasteiger partial charge in [-0.25, -0.2) is 19.9 Å². The van der Waals surface area contributed by atoms with Crippen LogP contribution in [0.25, 0.3) is 28.2 Å². The van der Waals surface area contributed by atoms with Crippen molar-refractivity contribution in [3.05, 3.63) is 77.6 Å². The van der Waals surface area contributed by atoms with Crippen LogP contribution in [-0.4, -0.2) is 47.4 Å². The lowest BCUT2D eigenvalue weighted by Crippen LogP contribution is -2.46. The molecular formula is C26H23N9. The van der Waals surface area contributed by atoms with Gasteiger partial charge in [0.1, 0.15) is 23.3 Å². The molecular weight excluding hydrogens is 438 g/mol. The Morgan fingerprint density at radius 2 is 1.63 bits per heavy atom. The Morgan fingerprint density at radius 3 is 2.37 bits per heavy atom. The quantitative estimate of drug-likeness (QED) is 0.402. The Kier molecular flexibility index (Phi) is 4.81. The lowest BCUT2D eigenvalue weighted by atomic mass is 9.99. The van der Waals surface area contributed by atoms with Crippen molar-refractivity contribution < 1.29 is 0 Å². The third-order valence-corrected chi connectivity index (χ3v) is 6.41. The SMILES string of the molecule is Cc1nc(N2CC(c3nc4ccccc4n3C)C2)cc(-n2nc(C)nc2-c2ccc(C#N)cc2)n1. The summed E-state index contributed by atoms with van der Waals surface area (Å²) in [7, 11) is 2.08. The molecule has 6 rings (SSSR count). The smallest absolute Gasteiger partial charge is 0.165 e. The minimum atomic E-state index is 0.342. The van der Waals surface area contributed by atoms with Crippen LogP contribution >= 0.6 is 0 Å². The van der Waals surface area contributed by atoms with E-state index in [0.29, 0.717) is 34.8 Å². The van der Waals surface area contributed by atoms with Crippen LogP contribution in [0.15, 0.2) is 54.6 Å². The van der Waals surface area contributed by atoms with Crippen LogP contribution < -0.4 is 4.90 Å². The van der Waals surface area contributed by atoms with Gasteiger partial charge in [0.15, 0.2) is 11.6 Å². The van der Waals surface area contributed by atoms with Crippen molar-refractivity contribution in [1.82, 2.24) is 34.3 Å². The van der Waals surface area contributed by atoms with Crippen molar-refractivity contribution in [1.29, 1.82) is 5.26 Å². The van der Waals surface area contributed by atoms with Gasteiger partial charge in [0.2, 0.25) is 0 Å². The highest BCUT2D eigenvalue weighted by Crippen LogP contribution is 2.32. The summed E-state index contributed by atoms with van der Waals surface area (Å²) in [5, 5.41) is 13.7. The minimum absolute atomic E-state index is 0.342. The van der Waals surface area contributed by atoms with Gasteiger partial charge in [-0.05, 0) is 50.2 Å². The first-order valence-electron chi connectivity index (χ1n) is 11.5. The van der Waals surface area contributed by atoms with Gasteiger partial charge in [-0.15, -0.1) is 5.10 Å². The summed E-state index contributed by atoms with van der Waals surface area (Å²) < 4.78 is 3.94. The molecule has 3 aromatic heterocycles. The topological polar surface area (TPSA) is 101 Å². The first-order valence-corrected chi connectivity index (χ1v) is 11.5. The lowest BCUT2D eigenvalue weighted by Gasteiger charge is -2.39.